The molecular formula is C36H44N8O12. The molecule has 0 radical (unpaired) electrons. The molecule has 0 saturated heterocycles. The van der Waals surface area contributed by atoms with Crippen molar-refractivity contribution < 1.29 is 58.4 Å². The standard InChI is InChI=1S/C36H44N8O12/c1-36(2,3)56-35(55)41-26(34(53)54)17-21(33(51)52)5-4-6-27(45)37-18-28(46)38-19-29(47)39-22-7-11-24(12-8-22)42-43-25-13-9-23(10-14-25)40-30(48)20-44-31(49)15-16-32(44)50/h7-16,21,26,31,49H,4-6,17-20H2,1-3H3,(H,37,45)(H,38,46)(H,39,47)(H,40,48)(H,41,55)(H,51,52)(H,53,54)/t21?,26-,31?/m0/s1. The van der Waals surface area contributed by atoms with Crippen LogP contribution in [-0.4, -0.2) is 105 Å². The van der Waals surface area contributed by atoms with E-state index in [9.17, 15) is 53.7 Å². The highest BCUT2D eigenvalue weighted by Gasteiger charge is 2.30. The number of carbonyl (C=O) groups is 8. The van der Waals surface area contributed by atoms with Crippen LogP contribution in [0.3, 0.4) is 0 Å². The van der Waals surface area contributed by atoms with Crippen LogP contribution in [0.15, 0.2) is 70.9 Å². The van der Waals surface area contributed by atoms with E-state index in [0.717, 1.165) is 4.90 Å². The van der Waals surface area contributed by atoms with Gasteiger partial charge >= 0.3 is 18.0 Å². The first-order valence-corrected chi connectivity index (χ1v) is 17.3. The van der Waals surface area contributed by atoms with E-state index in [4.69, 9.17) is 4.74 Å². The highest BCUT2D eigenvalue weighted by molar-refractivity contribution is 5.98. The topological polar surface area (TPSA) is 295 Å². The van der Waals surface area contributed by atoms with Gasteiger partial charge in [-0.25, -0.2) is 9.59 Å². The van der Waals surface area contributed by atoms with Crippen LogP contribution in [0.4, 0.5) is 27.5 Å². The second-order valence-corrected chi connectivity index (χ2v) is 13.4. The first-order chi connectivity index (χ1) is 26.4. The number of aliphatic hydroxyl groups excluding tert-OH is 1. The summed E-state index contributed by atoms with van der Waals surface area (Å²) in [5.41, 5.74) is 0.906. The van der Waals surface area contributed by atoms with Crippen LogP contribution < -0.4 is 26.6 Å². The minimum Gasteiger partial charge on any atom is -0.481 e. The summed E-state index contributed by atoms with van der Waals surface area (Å²) in [6, 6.07) is 11.2. The van der Waals surface area contributed by atoms with Gasteiger partial charge in [-0.3, -0.25) is 28.8 Å². The molecule has 3 atom stereocenters. The number of carbonyl (C=O) groups excluding carboxylic acids is 6. The van der Waals surface area contributed by atoms with Gasteiger partial charge in [-0.15, -0.1) is 0 Å². The zero-order valence-corrected chi connectivity index (χ0v) is 30.8. The Hall–Kier alpha value is -6.70. The van der Waals surface area contributed by atoms with Crippen LogP contribution in [0.5, 0.6) is 0 Å². The summed E-state index contributed by atoms with van der Waals surface area (Å²) in [5, 5.41) is 49.1. The molecule has 6 amide bonds. The van der Waals surface area contributed by atoms with E-state index >= 15 is 0 Å². The van der Waals surface area contributed by atoms with E-state index in [1.54, 1.807) is 69.3 Å². The van der Waals surface area contributed by atoms with Gasteiger partial charge in [0, 0.05) is 23.9 Å². The Morgan fingerprint density at radius 1 is 0.786 bits per heavy atom. The van der Waals surface area contributed by atoms with Crippen LogP contribution in [0.25, 0.3) is 0 Å². The summed E-state index contributed by atoms with van der Waals surface area (Å²) in [6.07, 6.45) is -0.305. The molecule has 20 heteroatoms. The second kappa shape index (κ2) is 20.7. The molecule has 20 nitrogen and oxygen atoms in total. The molecule has 2 unspecified atom stereocenters. The fourth-order valence-corrected chi connectivity index (χ4v) is 4.88. The van der Waals surface area contributed by atoms with Crippen LogP contribution in [-0.2, 0) is 38.3 Å². The van der Waals surface area contributed by atoms with E-state index in [0.29, 0.717) is 22.7 Å². The molecule has 0 spiro atoms. The maximum atomic E-state index is 12.3. The number of hydrogen-bond donors (Lipinski definition) is 8. The third kappa shape index (κ3) is 15.7. The maximum Gasteiger partial charge on any atom is 0.408 e. The molecule has 56 heavy (non-hydrogen) atoms. The number of benzene rings is 2. The molecule has 0 saturated carbocycles. The van der Waals surface area contributed by atoms with E-state index in [1.807, 2.05) is 0 Å². The Morgan fingerprint density at radius 3 is 1.82 bits per heavy atom. The molecule has 0 aromatic heterocycles. The van der Waals surface area contributed by atoms with Crippen LogP contribution in [0, 0.1) is 5.92 Å². The number of carboxylic acid groups (broad SMARTS) is 2. The van der Waals surface area contributed by atoms with Crippen molar-refractivity contribution in [2.75, 3.05) is 30.3 Å². The van der Waals surface area contributed by atoms with Gasteiger partial charge in [-0.2, -0.15) is 10.2 Å². The van der Waals surface area contributed by atoms with Gasteiger partial charge in [0.15, 0.2) is 0 Å². The summed E-state index contributed by atoms with van der Waals surface area (Å²) in [6.45, 7) is 3.59. The Labute approximate surface area is 320 Å². The van der Waals surface area contributed by atoms with Crippen LogP contribution >= 0.6 is 0 Å². The van der Waals surface area contributed by atoms with Gasteiger partial charge in [0.25, 0.3) is 0 Å². The number of ether oxygens (including phenoxy) is 1. The molecule has 3 rings (SSSR count). The summed E-state index contributed by atoms with van der Waals surface area (Å²) >= 11 is 0. The number of aliphatic hydroxyl groups is 1. The molecule has 1 aliphatic rings. The molecule has 0 aliphatic carbocycles. The van der Waals surface area contributed by atoms with Crippen molar-refractivity contribution in [2.24, 2.45) is 16.1 Å². The number of amides is 6. The van der Waals surface area contributed by atoms with Crippen molar-refractivity contribution in [3.8, 4) is 0 Å². The van der Waals surface area contributed by atoms with E-state index in [-0.39, 0.29) is 25.8 Å². The van der Waals surface area contributed by atoms with Gasteiger partial charge in [0.1, 0.15) is 24.4 Å². The summed E-state index contributed by atoms with van der Waals surface area (Å²) in [7, 11) is 0. The average molecular weight is 781 g/mol. The molecule has 2 aromatic carbocycles. The lowest BCUT2D eigenvalue weighted by molar-refractivity contribution is -0.144. The normalized spacial score (nSPS) is 14.8. The Balaban J connectivity index is 1.33. The molecule has 300 valence electrons. The monoisotopic (exact) mass is 780 g/mol. The van der Waals surface area contributed by atoms with Crippen LogP contribution in [0.2, 0.25) is 0 Å². The van der Waals surface area contributed by atoms with Crippen molar-refractivity contribution in [2.45, 2.75) is 64.3 Å². The van der Waals surface area contributed by atoms with Gasteiger partial charge in [0.05, 0.1) is 30.4 Å². The minimum atomic E-state index is -1.53. The van der Waals surface area contributed by atoms with Gasteiger partial charge in [-0.1, -0.05) is 0 Å². The highest BCUT2D eigenvalue weighted by atomic mass is 16.6. The van der Waals surface area contributed by atoms with Crippen molar-refractivity contribution in [3.63, 3.8) is 0 Å². The van der Waals surface area contributed by atoms with E-state index in [2.05, 4.69) is 36.8 Å². The third-order valence-electron chi connectivity index (χ3n) is 7.62. The zero-order chi connectivity index (χ0) is 41.4. The number of alkyl carbamates (subject to hydrolysis) is 1. The molecule has 1 heterocycles. The molecule has 0 bridgehead atoms. The van der Waals surface area contributed by atoms with Crippen molar-refractivity contribution in [3.05, 3.63) is 60.7 Å². The minimum absolute atomic E-state index is 0.0521. The Bertz CT molecular complexity index is 1820. The summed E-state index contributed by atoms with van der Waals surface area (Å²) in [5.74, 6) is -6.66. The number of aliphatic carboxylic acids is 2. The number of hydrogen-bond acceptors (Lipinski definition) is 12. The Morgan fingerprint density at radius 2 is 1.32 bits per heavy atom. The van der Waals surface area contributed by atoms with Crippen molar-refractivity contribution in [1.82, 2.24) is 20.9 Å². The molecule has 8 N–H and O–H groups in total. The lowest BCUT2D eigenvalue weighted by Crippen LogP contribution is -2.45. The lowest BCUT2D eigenvalue weighted by atomic mass is 9.94. The predicted octanol–water partition coefficient (Wildman–Crippen LogP) is 2.17. The predicted molar refractivity (Wildman–Crippen MR) is 198 cm³/mol. The fourth-order valence-electron chi connectivity index (χ4n) is 4.88. The number of azo groups is 1. The SMILES string of the molecule is CC(C)(C)OC(=O)N[C@@H](CC(CCCC(=O)NCC(=O)NCC(=O)Nc1ccc(N=Nc2ccc(NC(=O)CN3C(=O)C=CC3O)cc2)cc1)C(=O)O)C(=O)O. The van der Waals surface area contributed by atoms with E-state index < -0.39 is 90.9 Å². The number of rotatable bonds is 19. The average Bonchev–Trinajstić information content (AvgIpc) is 3.43. The van der Waals surface area contributed by atoms with Gasteiger partial charge < -0.3 is 51.5 Å². The van der Waals surface area contributed by atoms with Crippen molar-refractivity contribution >= 4 is 70.3 Å². The van der Waals surface area contributed by atoms with Crippen LogP contribution in [0.1, 0.15) is 46.5 Å². The summed E-state index contributed by atoms with van der Waals surface area (Å²) in [4.78, 5) is 96.9. The van der Waals surface area contributed by atoms with E-state index in [1.165, 1.54) is 12.2 Å². The largest absolute Gasteiger partial charge is 0.481 e. The maximum absolute atomic E-state index is 12.3. The number of nitrogens with one attached hydrogen (secondary N) is 5. The lowest BCUT2D eigenvalue weighted by Gasteiger charge is -2.23. The van der Waals surface area contributed by atoms with Gasteiger partial charge in [-0.05, 0) is 94.6 Å². The number of anilines is 2. The molecular weight excluding hydrogens is 736 g/mol. The fraction of sp³-hybridized carbons (Fsp3) is 0.389. The zero-order valence-electron chi connectivity index (χ0n) is 30.8. The third-order valence-corrected chi connectivity index (χ3v) is 7.62. The molecule has 1 aliphatic heterocycles. The smallest absolute Gasteiger partial charge is 0.408 e. The Kier molecular flexibility index (Phi) is 16.1. The van der Waals surface area contributed by atoms with Crippen molar-refractivity contribution in [1.29, 1.82) is 0 Å². The second-order valence-electron chi connectivity index (χ2n) is 13.4. The number of carboxylic acids is 2. The number of nitrogens with zero attached hydrogens (tertiary/aromatic N) is 3. The summed E-state index contributed by atoms with van der Waals surface area (Å²) < 4.78 is 5.03. The molecule has 0 fully saturated rings. The van der Waals surface area contributed by atoms with Gasteiger partial charge in [0.2, 0.25) is 29.5 Å². The first-order valence-electron chi connectivity index (χ1n) is 17.3. The highest BCUT2D eigenvalue weighted by Crippen LogP contribution is 2.22. The first kappa shape index (κ1) is 43.7. The quantitative estimate of drug-likeness (QED) is 0.0952. The molecule has 2 aromatic rings.